The Labute approximate surface area is 145 Å². The Morgan fingerprint density at radius 2 is 2.04 bits per heavy atom. The number of rotatable bonds is 3. The average molecular weight is 337 g/mol. The molecule has 1 amide bonds. The number of hydrogen-bond acceptors (Lipinski definition) is 4. The molecule has 1 N–H and O–H groups in total. The van der Waals surface area contributed by atoms with E-state index in [-0.39, 0.29) is 11.8 Å². The standard InChI is InChI=1S/C19H19N3O3/c1-24-15-7-5-6-12(19(15)25-2)13-10-17(23)20-11-14-18(13)22-9-4-3-8-16(22)21-14/h3-9,13H,10-11H2,1-2H3,(H,20,23)/t13-/m1/s1. The second-order valence-electron chi connectivity index (χ2n) is 5.99. The van der Waals surface area contributed by atoms with Gasteiger partial charge in [-0.05, 0) is 18.2 Å². The zero-order valence-corrected chi connectivity index (χ0v) is 14.2. The largest absolute Gasteiger partial charge is 0.493 e. The Hall–Kier alpha value is -3.02. The van der Waals surface area contributed by atoms with Crippen molar-refractivity contribution in [2.75, 3.05) is 14.2 Å². The highest BCUT2D eigenvalue weighted by Gasteiger charge is 2.31. The molecule has 1 aromatic carbocycles. The van der Waals surface area contributed by atoms with E-state index < -0.39 is 0 Å². The first-order valence-electron chi connectivity index (χ1n) is 8.16. The Morgan fingerprint density at radius 1 is 1.16 bits per heavy atom. The first-order valence-corrected chi connectivity index (χ1v) is 8.16. The average Bonchev–Trinajstić information content (AvgIpc) is 2.93. The van der Waals surface area contributed by atoms with Gasteiger partial charge in [0.25, 0.3) is 0 Å². The Balaban J connectivity index is 1.97. The summed E-state index contributed by atoms with van der Waals surface area (Å²) in [6.07, 6.45) is 2.32. The molecule has 1 aliphatic heterocycles. The van der Waals surface area contributed by atoms with Crippen molar-refractivity contribution in [3.8, 4) is 11.5 Å². The van der Waals surface area contributed by atoms with Crippen LogP contribution < -0.4 is 14.8 Å². The maximum Gasteiger partial charge on any atom is 0.221 e. The van der Waals surface area contributed by atoms with Crippen LogP contribution in [0.15, 0.2) is 42.6 Å². The Morgan fingerprint density at radius 3 is 2.84 bits per heavy atom. The van der Waals surface area contributed by atoms with Gasteiger partial charge < -0.3 is 19.2 Å². The predicted molar refractivity (Wildman–Crippen MR) is 93.0 cm³/mol. The normalized spacial score (nSPS) is 16.9. The second kappa shape index (κ2) is 6.12. The van der Waals surface area contributed by atoms with E-state index in [0.717, 1.165) is 22.6 Å². The molecule has 3 aromatic rings. The van der Waals surface area contributed by atoms with Gasteiger partial charge in [0.05, 0.1) is 32.2 Å². The van der Waals surface area contributed by atoms with Crippen LogP contribution in [0, 0.1) is 0 Å². The topological polar surface area (TPSA) is 64.9 Å². The summed E-state index contributed by atoms with van der Waals surface area (Å²) >= 11 is 0. The zero-order chi connectivity index (χ0) is 17.4. The number of hydrogen-bond donors (Lipinski definition) is 1. The Kier molecular flexibility index (Phi) is 3.80. The van der Waals surface area contributed by atoms with Crippen LogP contribution in [0.2, 0.25) is 0 Å². The van der Waals surface area contributed by atoms with Gasteiger partial charge in [-0.25, -0.2) is 4.98 Å². The predicted octanol–water partition coefficient (Wildman–Crippen LogP) is 2.50. The quantitative estimate of drug-likeness (QED) is 0.797. The molecule has 2 aromatic heterocycles. The monoisotopic (exact) mass is 337 g/mol. The lowest BCUT2D eigenvalue weighted by molar-refractivity contribution is -0.121. The molecule has 0 aliphatic carbocycles. The van der Waals surface area contributed by atoms with Crippen LogP contribution >= 0.6 is 0 Å². The van der Waals surface area contributed by atoms with Crippen LogP contribution in [-0.4, -0.2) is 29.5 Å². The van der Waals surface area contributed by atoms with E-state index in [1.807, 2.05) is 42.6 Å². The van der Waals surface area contributed by atoms with Gasteiger partial charge in [-0.15, -0.1) is 0 Å². The lowest BCUT2D eigenvalue weighted by Gasteiger charge is -2.20. The molecule has 1 aliphatic rings. The minimum atomic E-state index is -0.167. The number of methoxy groups -OCH3 is 2. The fourth-order valence-electron chi connectivity index (χ4n) is 3.54. The number of benzene rings is 1. The second-order valence-corrected chi connectivity index (χ2v) is 5.99. The van der Waals surface area contributed by atoms with Gasteiger partial charge in [0.1, 0.15) is 5.65 Å². The summed E-state index contributed by atoms with van der Waals surface area (Å²) in [4.78, 5) is 17.0. The maximum absolute atomic E-state index is 12.3. The van der Waals surface area contributed by atoms with Crippen molar-refractivity contribution in [3.05, 3.63) is 59.5 Å². The molecule has 25 heavy (non-hydrogen) atoms. The first-order chi connectivity index (χ1) is 12.2. The summed E-state index contributed by atoms with van der Waals surface area (Å²) < 4.78 is 13.1. The van der Waals surface area contributed by atoms with Crippen LogP contribution in [0.3, 0.4) is 0 Å². The molecule has 3 heterocycles. The van der Waals surface area contributed by atoms with Crippen LogP contribution in [-0.2, 0) is 11.3 Å². The molecule has 0 bridgehead atoms. The summed E-state index contributed by atoms with van der Waals surface area (Å²) in [6, 6.07) is 11.7. The molecule has 1 atom stereocenters. The lowest BCUT2D eigenvalue weighted by Crippen LogP contribution is -2.21. The molecule has 0 radical (unpaired) electrons. The zero-order valence-electron chi connectivity index (χ0n) is 14.2. The van der Waals surface area contributed by atoms with Gasteiger partial charge in [-0.1, -0.05) is 18.2 Å². The lowest BCUT2D eigenvalue weighted by atomic mass is 9.90. The fourth-order valence-corrected chi connectivity index (χ4v) is 3.54. The van der Waals surface area contributed by atoms with Crippen LogP contribution in [0.25, 0.3) is 5.65 Å². The van der Waals surface area contributed by atoms with Crippen molar-refractivity contribution in [3.63, 3.8) is 0 Å². The molecule has 0 unspecified atom stereocenters. The van der Waals surface area contributed by atoms with E-state index in [4.69, 9.17) is 14.5 Å². The summed E-state index contributed by atoms with van der Waals surface area (Å²) in [5.41, 5.74) is 3.69. The minimum absolute atomic E-state index is 0.00226. The SMILES string of the molecule is COc1cccc([C@H]2CC(=O)NCc3nc4ccccn4c32)c1OC. The molecule has 0 fully saturated rings. The van der Waals surface area contributed by atoms with E-state index in [1.54, 1.807) is 14.2 Å². The van der Waals surface area contributed by atoms with E-state index in [9.17, 15) is 4.79 Å². The van der Waals surface area contributed by atoms with Gasteiger partial charge in [0.2, 0.25) is 5.91 Å². The van der Waals surface area contributed by atoms with E-state index in [1.165, 1.54) is 0 Å². The van der Waals surface area contributed by atoms with Gasteiger partial charge in [-0.2, -0.15) is 0 Å². The summed E-state index contributed by atoms with van der Waals surface area (Å²) in [5.74, 6) is 1.14. The van der Waals surface area contributed by atoms with Gasteiger partial charge in [0.15, 0.2) is 11.5 Å². The minimum Gasteiger partial charge on any atom is -0.493 e. The third kappa shape index (κ3) is 2.50. The summed E-state index contributed by atoms with van der Waals surface area (Å²) in [6.45, 7) is 0.429. The van der Waals surface area contributed by atoms with Crippen LogP contribution in [0.1, 0.15) is 29.3 Å². The molecule has 0 saturated carbocycles. The number of carbonyl (C=O) groups is 1. The van der Waals surface area contributed by atoms with E-state index in [2.05, 4.69) is 9.72 Å². The van der Waals surface area contributed by atoms with Crippen molar-refractivity contribution in [1.29, 1.82) is 0 Å². The van der Waals surface area contributed by atoms with Crippen molar-refractivity contribution >= 4 is 11.6 Å². The number of nitrogens with zero attached hydrogens (tertiary/aromatic N) is 2. The third-order valence-electron chi connectivity index (χ3n) is 4.62. The van der Waals surface area contributed by atoms with E-state index in [0.29, 0.717) is 24.5 Å². The molecule has 0 spiro atoms. The molecule has 0 saturated heterocycles. The van der Waals surface area contributed by atoms with E-state index >= 15 is 0 Å². The molecule has 6 nitrogen and oxygen atoms in total. The van der Waals surface area contributed by atoms with Crippen molar-refractivity contribution in [2.45, 2.75) is 18.9 Å². The number of nitrogens with one attached hydrogen (secondary N) is 1. The number of para-hydroxylation sites is 1. The first kappa shape index (κ1) is 15.5. The number of imidazole rings is 1. The number of ether oxygens (including phenoxy) is 2. The van der Waals surface area contributed by atoms with Crippen molar-refractivity contribution in [1.82, 2.24) is 14.7 Å². The number of amides is 1. The number of carbonyl (C=O) groups excluding carboxylic acids is 1. The highest BCUT2D eigenvalue weighted by Crippen LogP contribution is 2.41. The van der Waals surface area contributed by atoms with Gasteiger partial charge >= 0.3 is 0 Å². The summed E-state index contributed by atoms with van der Waals surface area (Å²) in [7, 11) is 3.23. The summed E-state index contributed by atoms with van der Waals surface area (Å²) in [5, 5.41) is 2.94. The van der Waals surface area contributed by atoms with Crippen LogP contribution in [0.4, 0.5) is 0 Å². The molecular weight excluding hydrogens is 318 g/mol. The van der Waals surface area contributed by atoms with Gasteiger partial charge in [-0.3, -0.25) is 4.79 Å². The number of pyridine rings is 1. The Bertz CT molecular complexity index is 948. The third-order valence-corrected chi connectivity index (χ3v) is 4.62. The highest BCUT2D eigenvalue weighted by atomic mass is 16.5. The molecular formula is C19H19N3O3. The van der Waals surface area contributed by atoms with Crippen LogP contribution in [0.5, 0.6) is 11.5 Å². The molecule has 4 rings (SSSR count). The maximum atomic E-state index is 12.3. The molecule has 128 valence electrons. The number of fused-ring (bicyclic) bond motifs is 3. The highest BCUT2D eigenvalue weighted by molar-refractivity contribution is 5.79. The molecule has 6 heteroatoms. The smallest absolute Gasteiger partial charge is 0.221 e. The van der Waals surface area contributed by atoms with Crippen molar-refractivity contribution < 1.29 is 14.3 Å². The number of aromatic nitrogens is 2. The fraction of sp³-hybridized carbons (Fsp3) is 0.263. The van der Waals surface area contributed by atoms with Gasteiger partial charge in [0, 0.05) is 24.1 Å². The van der Waals surface area contributed by atoms with Crippen molar-refractivity contribution in [2.24, 2.45) is 0 Å².